The van der Waals surface area contributed by atoms with E-state index in [1.54, 1.807) is 14.2 Å². The number of aliphatic hydroxyl groups excluding tert-OH is 1. The van der Waals surface area contributed by atoms with E-state index in [-0.39, 0.29) is 12.6 Å². The summed E-state index contributed by atoms with van der Waals surface area (Å²) >= 11 is 0. The Hall–Kier alpha value is -1.46. The fourth-order valence-corrected chi connectivity index (χ4v) is 2.44. The Kier molecular flexibility index (Phi) is 4.87. The second kappa shape index (κ2) is 6.63. The monoisotopic (exact) mass is 266 g/mol. The zero-order valence-electron chi connectivity index (χ0n) is 11.6. The number of hydrogen-bond donors (Lipinski definition) is 2. The Morgan fingerprint density at radius 2 is 2.11 bits per heavy atom. The van der Waals surface area contributed by atoms with E-state index in [0.717, 1.165) is 37.5 Å². The van der Waals surface area contributed by atoms with Crippen LogP contribution in [0.25, 0.3) is 0 Å². The largest absolute Gasteiger partial charge is 0.493 e. The van der Waals surface area contributed by atoms with Gasteiger partial charge in [-0.25, -0.2) is 0 Å². The van der Waals surface area contributed by atoms with E-state index in [9.17, 15) is 5.11 Å². The van der Waals surface area contributed by atoms with Gasteiger partial charge in [-0.15, -0.1) is 0 Å². The highest BCUT2D eigenvalue weighted by Crippen LogP contribution is 2.32. The van der Waals surface area contributed by atoms with Crippen molar-refractivity contribution < 1.29 is 14.6 Å². The van der Waals surface area contributed by atoms with Crippen LogP contribution in [0.2, 0.25) is 0 Å². The summed E-state index contributed by atoms with van der Waals surface area (Å²) in [4.78, 5) is 2.22. The topological polar surface area (TPSA) is 54.0 Å². The molecule has 19 heavy (non-hydrogen) atoms. The molecule has 1 aromatic carbocycles. The normalized spacial score (nSPS) is 19.9. The lowest BCUT2D eigenvalue weighted by atomic mass is 10.2. The molecule has 0 bridgehead atoms. The third-order valence-electron chi connectivity index (χ3n) is 3.48. The van der Waals surface area contributed by atoms with Crippen LogP contribution in [-0.2, 0) is 0 Å². The van der Waals surface area contributed by atoms with Gasteiger partial charge < -0.3 is 24.8 Å². The molecule has 1 aliphatic rings. The number of hydrogen-bond acceptors (Lipinski definition) is 5. The van der Waals surface area contributed by atoms with E-state index < -0.39 is 0 Å². The van der Waals surface area contributed by atoms with Crippen LogP contribution in [-0.4, -0.2) is 51.6 Å². The Bertz CT molecular complexity index is 412. The van der Waals surface area contributed by atoms with E-state index in [4.69, 9.17) is 9.47 Å². The molecule has 1 atom stereocenters. The van der Waals surface area contributed by atoms with E-state index in [2.05, 4.69) is 10.2 Å². The maximum absolute atomic E-state index is 9.54. The molecule has 0 spiro atoms. The number of aliphatic hydroxyl groups is 1. The molecule has 0 amide bonds. The molecule has 2 N–H and O–H groups in total. The van der Waals surface area contributed by atoms with E-state index in [1.165, 1.54) is 0 Å². The van der Waals surface area contributed by atoms with Gasteiger partial charge in [-0.3, -0.25) is 0 Å². The fraction of sp³-hybridized carbons (Fsp3) is 0.571. The molecule has 2 rings (SSSR count). The minimum Gasteiger partial charge on any atom is -0.493 e. The first-order valence-electron chi connectivity index (χ1n) is 6.60. The number of benzene rings is 1. The molecule has 1 aliphatic heterocycles. The maximum atomic E-state index is 9.54. The summed E-state index contributed by atoms with van der Waals surface area (Å²) in [5.74, 6) is 1.44. The van der Waals surface area contributed by atoms with E-state index >= 15 is 0 Å². The number of methoxy groups -OCH3 is 2. The molecule has 106 valence electrons. The summed E-state index contributed by atoms with van der Waals surface area (Å²) in [5, 5.41) is 12.9. The molecule has 1 aromatic rings. The smallest absolute Gasteiger partial charge is 0.162 e. The second-order valence-electron chi connectivity index (χ2n) is 4.63. The first-order chi connectivity index (χ1) is 9.30. The van der Waals surface area contributed by atoms with Crippen molar-refractivity contribution in [3.05, 3.63) is 18.2 Å². The Morgan fingerprint density at radius 1 is 1.32 bits per heavy atom. The van der Waals surface area contributed by atoms with Crippen molar-refractivity contribution >= 4 is 5.69 Å². The quantitative estimate of drug-likeness (QED) is 0.847. The molecule has 1 fully saturated rings. The predicted octanol–water partition coefficient (Wildman–Crippen LogP) is 0.864. The maximum Gasteiger partial charge on any atom is 0.162 e. The van der Waals surface area contributed by atoms with Crippen LogP contribution in [0, 0.1) is 0 Å². The van der Waals surface area contributed by atoms with Crippen LogP contribution in [0.1, 0.15) is 6.42 Å². The lowest BCUT2D eigenvalue weighted by Crippen LogP contribution is -2.42. The van der Waals surface area contributed by atoms with Gasteiger partial charge in [0.05, 0.1) is 26.9 Å². The fourth-order valence-electron chi connectivity index (χ4n) is 2.44. The van der Waals surface area contributed by atoms with Crippen LogP contribution in [0.3, 0.4) is 0 Å². The van der Waals surface area contributed by atoms with Crippen molar-refractivity contribution in [2.24, 2.45) is 0 Å². The van der Waals surface area contributed by atoms with Gasteiger partial charge in [0, 0.05) is 24.8 Å². The first-order valence-corrected chi connectivity index (χ1v) is 6.60. The molecule has 0 aliphatic carbocycles. The number of rotatable bonds is 4. The third kappa shape index (κ3) is 3.11. The zero-order valence-corrected chi connectivity index (χ0v) is 11.6. The standard InChI is InChI=1S/C14H22N2O3/c1-18-13-5-4-11(8-14(13)19-2)16-7-3-6-15-9-12(16)10-17/h4-5,8,12,15,17H,3,6-7,9-10H2,1-2H3. The van der Waals surface area contributed by atoms with Gasteiger partial charge in [-0.1, -0.05) is 0 Å². The van der Waals surface area contributed by atoms with E-state index in [0.29, 0.717) is 5.75 Å². The van der Waals surface area contributed by atoms with Gasteiger partial charge in [0.25, 0.3) is 0 Å². The van der Waals surface area contributed by atoms with Gasteiger partial charge in [-0.05, 0) is 25.1 Å². The lowest BCUT2D eigenvalue weighted by Gasteiger charge is -2.31. The lowest BCUT2D eigenvalue weighted by molar-refractivity contribution is 0.260. The van der Waals surface area contributed by atoms with Crippen LogP contribution in [0.15, 0.2) is 18.2 Å². The molecule has 0 radical (unpaired) electrons. The number of nitrogens with zero attached hydrogens (tertiary/aromatic N) is 1. The molecule has 1 heterocycles. The number of nitrogens with one attached hydrogen (secondary N) is 1. The predicted molar refractivity (Wildman–Crippen MR) is 75.3 cm³/mol. The molecule has 5 heteroatoms. The minimum absolute atomic E-state index is 0.0978. The summed E-state index contributed by atoms with van der Waals surface area (Å²) in [6.45, 7) is 2.85. The molecule has 0 saturated carbocycles. The molecular weight excluding hydrogens is 244 g/mol. The van der Waals surface area contributed by atoms with Crippen molar-refractivity contribution in [3.63, 3.8) is 0 Å². The third-order valence-corrected chi connectivity index (χ3v) is 3.48. The highest BCUT2D eigenvalue weighted by Gasteiger charge is 2.21. The van der Waals surface area contributed by atoms with Crippen LogP contribution < -0.4 is 19.7 Å². The molecule has 1 unspecified atom stereocenters. The van der Waals surface area contributed by atoms with E-state index in [1.807, 2.05) is 18.2 Å². The Morgan fingerprint density at radius 3 is 2.79 bits per heavy atom. The zero-order chi connectivity index (χ0) is 13.7. The van der Waals surface area contributed by atoms with Crippen molar-refractivity contribution in [2.45, 2.75) is 12.5 Å². The number of anilines is 1. The van der Waals surface area contributed by atoms with Gasteiger partial charge in [0.1, 0.15) is 0 Å². The highest BCUT2D eigenvalue weighted by molar-refractivity contribution is 5.57. The van der Waals surface area contributed by atoms with Gasteiger partial charge >= 0.3 is 0 Å². The van der Waals surface area contributed by atoms with Crippen LogP contribution in [0.4, 0.5) is 5.69 Å². The Balaban J connectivity index is 2.27. The van der Waals surface area contributed by atoms with Crippen molar-refractivity contribution in [1.29, 1.82) is 0 Å². The Labute approximate surface area is 114 Å². The molecular formula is C14H22N2O3. The van der Waals surface area contributed by atoms with Gasteiger partial charge in [0.15, 0.2) is 11.5 Å². The van der Waals surface area contributed by atoms with Crippen LogP contribution >= 0.6 is 0 Å². The van der Waals surface area contributed by atoms with Crippen molar-refractivity contribution in [2.75, 3.05) is 45.4 Å². The summed E-state index contributed by atoms with van der Waals surface area (Å²) < 4.78 is 10.6. The van der Waals surface area contributed by atoms with Crippen LogP contribution in [0.5, 0.6) is 11.5 Å². The second-order valence-corrected chi connectivity index (χ2v) is 4.63. The summed E-state index contributed by atoms with van der Waals surface area (Å²) in [7, 11) is 3.26. The average molecular weight is 266 g/mol. The van der Waals surface area contributed by atoms with Gasteiger partial charge in [0.2, 0.25) is 0 Å². The summed E-state index contributed by atoms with van der Waals surface area (Å²) in [5.41, 5.74) is 1.06. The summed E-state index contributed by atoms with van der Waals surface area (Å²) in [6, 6.07) is 5.98. The molecule has 5 nitrogen and oxygen atoms in total. The summed E-state index contributed by atoms with van der Waals surface area (Å²) in [6.07, 6.45) is 1.06. The highest BCUT2D eigenvalue weighted by atomic mass is 16.5. The SMILES string of the molecule is COc1ccc(N2CCCNCC2CO)cc1OC. The number of ether oxygens (including phenoxy) is 2. The average Bonchev–Trinajstić information content (AvgIpc) is 2.71. The van der Waals surface area contributed by atoms with Crippen molar-refractivity contribution in [3.8, 4) is 11.5 Å². The minimum atomic E-state index is 0.0978. The molecule has 0 aromatic heterocycles. The first kappa shape index (κ1) is 14.0. The van der Waals surface area contributed by atoms with Gasteiger partial charge in [-0.2, -0.15) is 0 Å². The van der Waals surface area contributed by atoms with Crippen molar-refractivity contribution in [1.82, 2.24) is 5.32 Å². The molecule has 1 saturated heterocycles.